The van der Waals surface area contributed by atoms with Crippen LogP contribution in [0.25, 0.3) is 0 Å². The van der Waals surface area contributed by atoms with E-state index in [1.165, 1.54) is 0 Å². The topological polar surface area (TPSA) is 59.1 Å². The van der Waals surface area contributed by atoms with Gasteiger partial charge in [0.2, 0.25) is 5.95 Å². The van der Waals surface area contributed by atoms with Crippen molar-refractivity contribution in [2.75, 3.05) is 24.8 Å². The van der Waals surface area contributed by atoms with Gasteiger partial charge < -0.3 is 15.4 Å². The number of rotatable bonds is 4. The van der Waals surface area contributed by atoms with Gasteiger partial charge in [0.25, 0.3) is 0 Å². The Labute approximate surface area is 95.6 Å². The number of anilines is 2. The van der Waals surface area contributed by atoms with Crippen LogP contribution in [0, 0.1) is 6.92 Å². The van der Waals surface area contributed by atoms with Crippen LogP contribution >= 0.6 is 0 Å². The number of nitrogens with zero attached hydrogens (tertiary/aromatic N) is 2. The monoisotopic (exact) mass is 222 g/mol. The van der Waals surface area contributed by atoms with Crippen LogP contribution in [0.3, 0.4) is 0 Å². The summed E-state index contributed by atoms with van der Waals surface area (Å²) in [7, 11) is 3.58. The van der Waals surface area contributed by atoms with Gasteiger partial charge in [-0.15, -0.1) is 0 Å². The molecule has 1 saturated carbocycles. The van der Waals surface area contributed by atoms with Crippen molar-refractivity contribution >= 4 is 11.8 Å². The molecular formula is C11H18N4O. The molecule has 5 heteroatoms. The van der Waals surface area contributed by atoms with Crippen LogP contribution < -0.4 is 10.6 Å². The fourth-order valence-electron chi connectivity index (χ4n) is 1.84. The van der Waals surface area contributed by atoms with Gasteiger partial charge in [0, 0.05) is 32.0 Å². The first-order chi connectivity index (χ1) is 7.71. The van der Waals surface area contributed by atoms with Crippen molar-refractivity contribution in [2.45, 2.75) is 31.9 Å². The first-order valence-corrected chi connectivity index (χ1v) is 5.54. The van der Waals surface area contributed by atoms with Gasteiger partial charge in [-0.3, -0.25) is 0 Å². The summed E-state index contributed by atoms with van der Waals surface area (Å²) in [6, 6.07) is 2.44. The molecule has 16 heavy (non-hydrogen) atoms. The van der Waals surface area contributed by atoms with Gasteiger partial charge >= 0.3 is 0 Å². The molecule has 0 saturated heterocycles. The number of aromatic nitrogens is 2. The number of hydrogen-bond donors (Lipinski definition) is 2. The van der Waals surface area contributed by atoms with E-state index in [0.29, 0.717) is 18.1 Å². The minimum absolute atomic E-state index is 0.407. The van der Waals surface area contributed by atoms with Crippen LogP contribution in [0.15, 0.2) is 6.07 Å². The Morgan fingerprint density at radius 2 is 2.12 bits per heavy atom. The third-order valence-electron chi connectivity index (χ3n) is 2.86. The molecule has 1 aliphatic carbocycles. The summed E-state index contributed by atoms with van der Waals surface area (Å²) in [5, 5.41) is 6.34. The maximum absolute atomic E-state index is 5.24. The summed E-state index contributed by atoms with van der Waals surface area (Å²) < 4.78 is 5.24. The number of nitrogens with one attached hydrogen (secondary N) is 2. The molecule has 2 N–H and O–H groups in total. The van der Waals surface area contributed by atoms with Gasteiger partial charge in [-0.05, 0) is 19.8 Å². The number of ether oxygens (including phenoxy) is 1. The van der Waals surface area contributed by atoms with E-state index in [0.717, 1.165) is 24.4 Å². The summed E-state index contributed by atoms with van der Waals surface area (Å²) in [6.45, 7) is 1.96. The predicted molar refractivity (Wildman–Crippen MR) is 63.8 cm³/mol. The van der Waals surface area contributed by atoms with E-state index in [1.807, 2.05) is 20.0 Å². The predicted octanol–water partition coefficient (Wildman–Crippen LogP) is 1.42. The van der Waals surface area contributed by atoms with E-state index < -0.39 is 0 Å². The average molecular weight is 222 g/mol. The summed E-state index contributed by atoms with van der Waals surface area (Å²) in [4.78, 5) is 8.60. The zero-order chi connectivity index (χ0) is 11.5. The maximum atomic E-state index is 5.24. The highest BCUT2D eigenvalue weighted by atomic mass is 16.5. The highest BCUT2D eigenvalue weighted by Crippen LogP contribution is 2.25. The lowest BCUT2D eigenvalue weighted by molar-refractivity contribution is 0.0328. The molecule has 0 unspecified atom stereocenters. The molecule has 0 aromatic carbocycles. The lowest BCUT2D eigenvalue weighted by Gasteiger charge is -2.34. The average Bonchev–Trinajstić information content (AvgIpc) is 2.22. The Kier molecular flexibility index (Phi) is 3.24. The van der Waals surface area contributed by atoms with Gasteiger partial charge in [0.15, 0.2) is 0 Å². The third kappa shape index (κ3) is 2.41. The molecule has 5 nitrogen and oxygen atoms in total. The first kappa shape index (κ1) is 11.1. The zero-order valence-electron chi connectivity index (χ0n) is 9.95. The molecule has 1 aromatic heterocycles. The molecule has 1 fully saturated rings. The summed E-state index contributed by atoms with van der Waals surface area (Å²) in [5.74, 6) is 1.54. The van der Waals surface area contributed by atoms with Crippen LogP contribution in [0.5, 0.6) is 0 Å². The molecule has 0 amide bonds. The first-order valence-electron chi connectivity index (χ1n) is 5.54. The highest BCUT2D eigenvalue weighted by molar-refractivity contribution is 5.43. The standard InChI is InChI=1S/C11H18N4O/c1-7-4-10(15-11(12-2)13-7)14-8-5-9(6-8)16-3/h4,8-9H,5-6H2,1-3H3,(H2,12,13,14,15). The molecule has 0 atom stereocenters. The lowest BCUT2D eigenvalue weighted by Crippen LogP contribution is -2.40. The highest BCUT2D eigenvalue weighted by Gasteiger charge is 2.29. The molecular weight excluding hydrogens is 204 g/mol. The van der Waals surface area contributed by atoms with Crippen molar-refractivity contribution in [1.29, 1.82) is 0 Å². The Morgan fingerprint density at radius 3 is 2.75 bits per heavy atom. The lowest BCUT2D eigenvalue weighted by atomic mass is 9.89. The molecule has 1 aliphatic rings. The second kappa shape index (κ2) is 4.65. The zero-order valence-corrected chi connectivity index (χ0v) is 9.95. The Morgan fingerprint density at radius 1 is 1.38 bits per heavy atom. The maximum Gasteiger partial charge on any atom is 0.224 e. The smallest absolute Gasteiger partial charge is 0.224 e. The van der Waals surface area contributed by atoms with Gasteiger partial charge in [0.05, 0.1) is 6.10 Å². The molecule has 2 rings (SSSR count). The third-order valence-corrected chi connectivity index (χ3v) is 2.86. The van der Waals surface area contributed by atoms with Crippen LogP contribution in [0.4, 0.5) is 11.8 Å². The van der Waals surface area contributed by atoms with Crippen LogP contribution in [0.2, 0.25) is 0 Å². The van der Waals surface area contributed by atoms with E-state index >= 15 is 0 Å². The minimum atomic E-state index is 0.407. The SMILES string of the molecule is CNc1nc(C)cc(NC2CC(OC)C2)n1. The Hall–Kier alpha value is -1.36. The molecule has 88 valence electrons. The summed E-state index contributed by atoms with van der Waals surface area (Å²) in [6.07, 6.45) is 2.51. The van der Waals surface area contributed by atoms with Crippen molar-refractivity contribution in [3.63, 3.8) is 0 Å². The van der Waals surface area contributed by atoms with Crippen molar-refractivity contribution in [3.8, 4) is 0 Å². The summed E-state index contributed by atoms with van der Waals surface area (Å²) in [5.41, 5.74) is 0.962. The molecule has 1 heterocycles. The summed E-state index contributed by atoms with van der Waals surface area (Å²) >= 11 is 0. The Balaban J connectivity index is 1.97. The van der Waals surface area contributed by atoms with Crippen molar-refractivity contribution in [3.05, 3.63) is 11.8 Å². The van der Waals surface area contributed by atoms with E-state index in [9.17, 15) is 0 Å². The molecule has 0 aliphatic heterocycles. The number of aryl methyl sites for hydroxylation is 1. The molecule has 1 aromatic rings. The second-order valence-electron chi connectivity index (χ2n) is 4.14. The van der Waals surface area contributed by atoms with Crippen molar-refractivity contribution in [2.24, 2.45) is 0 Å². The van der Waals surface area contributed by atoms with Crippen LogP contribution in [0.1, 0.15) is 18.5 Å². The molecule has 0 spiro atoms. The van der Waals surface area contributed by atoms with Crippen molar-refractivity contribution in [1.82, 2.24) is 9.97 Å². The van der Waals surface area contributed by atoms with Crippen LogP contribution in [-0.4, -0.2) is 36.3 Å². The number of hydrogen-bond acceptors (Lipinski definition) is 5. The second-order valence-corrected chi connectivity index (χ2v) is 4.14. The van der Waals surface area contributed by atoms with Gasteiger partial charge in [-0.2, -0.15) is 4.98 Å². The normalized spacial score (nSPS) is 23.7. The van der Waals surface area contributed by atoms with E-state index in [-0.39, 0.29) is 0 Å². The van der Waals surface area contributed by atoms with Gasteiger partial charge in [-0.1, -0.05) is 0 Å². The van der Waals surface area contributed by atoms with E-state index in [1.54, 1.807) is 7.11 Å². The fourth-order valence-corrected chi connectivity index (χ4v) is 1.84. The van der Waals surface area contributed by atoms with Crippen LogP contribution in [-0.2, 0) is 4.74 Å². The largest absolute Gasteiger partial charge is 0.381 e. The molecule has 0 radical (unpaired) electrons. The van der Waals surface area contributed by atoms with Gasteiger partial charge in [-0.25, -0.2) is 4.98 Å². The van der Waals surface area contributed by atoms with E-state index in [4.69, 9.17) is 4.74 Å². The number of methoxy groups -OCH3 is 1. The molecule has 0 bridgehead atoms. The van der Waals surface area contributed by atoms with E-state index in [2.05, 4.69) is 20.6 Å². The minimum Gasteiger partial charge on any atom is -0.381 e. The fraction of sp³-hybridized carbons (Fsp3) is 0.636. The van der Waals surface area contributed by atoms with Crippen molar-refractivity contribution < 1.29 is 4.74 Å². The van der Waals surface area contributed by atoms with Gasteiger partial charge in [0.1, 0.15) is 5.82 Å². The quantitative estimate of drug-likeness (QED) is 0.806. The Bertz CT molecular complexity index is 363.